The Kier molecular flexibility index (Phi) is 5.58. The standard InChI is InChI=1S/C25H36O6/c1-13(26)18-6-7-19-17-11-21(30-14(2)27)20-10-16(29)8-9-24(20,4)23(17)22(31-15(3)28)12-25(18,19)5/h17-23H,6-12H2,1-5H3/t17-,18+,19-,20+,21+,22+,23+,24-,25+/m0/s1. The van der Waals surface area contributed by atoms with E-state index in [9.17, 15) is 19.2 Å². The molecule has 0 saturated heterocycles. The van der Waals surface area contributed by atoms with Crippen LogP contribution in [0.25, 0.3) is 0 Å². The second-order valence-electron chi connectivity index (χ2n) is 11.1. The van der Waals surface area contributed by atoms with Crippen molar-refractivity contribution in [2.24, 2.45) is 40.4 Å². The first-order valence-corrected chi connectivity index (χ1v) is 11.8. The minimum atomic E-state index is -0.313. The second-order valence-corrected chi connectivity index (χ2v) is 11.1. The normalized spacial score (nSPS) is 46.4. The summed E-state index contributed by atoms with van der Waals surface area (Å²) in [5, 5.41) is 0. The van der Waals surface area contributed by atoms with Gasteiger partial charge in [0.2, 0.25) is 0 Å². The number of rotatable bonds is 3. The Morgan fingerprint density at radius 3 is 2.16 bits per heavy atom. The lowest BCUT2D eigenvalue weighted by Crippen LogP contribution is -2.63. The highest BCUT2D eigenvalue weighted by Gasteiger charge is 2.66. The Bertz CT molecular complexity index is 804. The van der Waals surface area contributed by atoms with Gasteiger partial charge in [0.25, 0.3) is 0 Å². The fourth-order valence-electron chi connectivity index (χ4n) is 8.49. The Hall–Kier alpha value is -1.72. The van der Waals surface area contributed by atoms with Crippen LogP contribution in [0, 0.1) is 40.4 Å². The average molecular weight is 433 g/mol. The van der Waals surface area contributed by atoms with Gasteiger partial charge in [-0.2, -0.15) is 0 Å². The van der Waals surface area contributed by atoms with E-state index in [-0.39, 0.29) is 70.2 Å². The SMILES string of the molecule is CC(=O)O[C@@H]1C[C@]2(C)[C@@H](C(C)=O)CC[C@H]2[C@@H]2C[C@@H](OC(C)=O)[C@H]3CC(=O)CC[C@]3(C)[C@H]21. The quantitative estimate of drug-likeness (QED) is 0.629. The molecule has 0 aliphatic heterocycles. The van der Waals surface area contributed by atoms with Gasteiger partial charge in [-0.1, -0.05) is 13.8 Å². The fourth-order valence-corrected chi connectivity index (χ4v) is 8.49. The van der Waals surface area contributed by atoms with Crippen LogP contribution in [-0.4, -0.2) is 35.7 Å². The lowest BCUT2D eigenvalue weighted by atomic mass is 9.43. The molecule has 0 unspecified atom stereocenters. The predicted octanol–water partition coefficient (Wildman–Crippen LogP) is 3.89. The molecular formula is C25H36O6. The molecule has 0 aromatic heterocycles. The molecule has 0 radical (unpaired) electrons. The summed E-state index contributed by atoms with van der Waals surface area (Å²) >= 11 is 0. The van der Waals surface area contributed by atoms with Crippen LogP contribution < -0.4 is 0 Å². The molecule has 4 aliphatic carbocycles. The zero-order chi connectivity index (χ0) is 22.7. The van der Waals surface area contributed by atoms with Crippen molar-refractivity contribution in [2.45, 2.75) is 91.8 Å². The van der Waals surface area contributed by atoms with Gasteiger partial charge in [-0.15, -0.1) is 0 Å². The molecule has 9 atom stereocenters. The van der Waals surface area contributed by atoms with Crippen LogP contribution in [0.4, 0.5) is 0 Å². The first kappa shape index (κ1) is 22.5. The van der Waals surface area contributed by atoms with Crippen LogP contribution in [0.3, 0.4) is 0 Å². The van der Waals surface area contributed by atoms with Crippen LogP contribution in [0.5, 0.6) is 0 Å². The van der Waals surface area contributed by atoms with E-state index in [0.29, 0.717) is 31.6 Å². The minimum absolute atomic E-state index is 0.0258. The van der Waals surface area contributed by atoms with E-state index in [1.165, 1.54) is 13.8 Å². The van der Waals surface area contributed by atoms with Crippen molar-refractivity contribution in [3.8, 4) is 0 Å². The minimum Gasteiger partial charge on any atom is -0.462 e. The molecular weight excluding hydrogens is 396 g/mol. The molecule has 172 valence electrons. The first-order valence-electron chi connectivity index (χ1n) is 11.8. The van der Waals surface area contributed by atoms with E-state index in [1.54, 1.807) is 6.92 Å². The van der Waals surface area contributed by atoms with E-state index in [0.717, 1.165) is 19.3 Å². The van der Waals surface area contributed by atoms with Gasteiger partial charge in [0.15, 0.2) is 0 Å². The lowest BCUT2D eigenvalue weighted by molar-refractivity contribution is -0.216. The van der Waals surface area contributed by atoms with Crippen molar-refractivity contribution in [1.29, 1.82) is 0 Å². The molecule has 4 rings (SSSR count). The number of hydrogen-bond donors (Lipinski definition) is 0. The average Bonchev–Trinajstić information content (AvgIpc) is 2.99. The Balaban J connectivity index is 1.79. The maximum atomic E-state index is 12.5. The summed E-state index contributed by atoms with van der Waals surface area (Å²) < 4.78 is 11.8. The van der Waals surface area contributed by atoms with Gasteiger partial charge >= 0.3 is 11.9 Å². The summed E-state index contributed by atoms with van der Waals surface area (Å²) in [5.41, 5.74) is -0.464. The highest BCUT2D eigenvalue weighted by Crippen LogP contribution is 2.68. The molecule has 4 fully saturated rings. The Morgan fingerprint density at radius 1 is 0.903 bits per heavy atom. The van der Waals surface area contributed by atoms with Crippen LogP contribution in [0.15, 0.2) is 0 Å². The zero-order valence-corrected chi connectivity index (χ0v) is 19.4. The maximum Gasteiger partial charge on any atom is 0.302 e. The molecule has 31 heavy (non-hydrogen) atoms. The van der Waals surface area contributed by atoms with Gasteiger partial charge < -0.3 is 9.47 Å². The van der Waals surface area contributed by atoms with E-state index in [2.05, 4.69) is 13.8 Å². The fraction of sp³-hybridized carbons (Fsp3) is 0.840. The number of Topliss-reactive ketones (excluding diaryl/α,β-unsaturated/α-hetero) is 2. The van der Waals surface area contributed by atoms with Crippen LogP contribution in [-0.2, 0) is 28.7 Å². The largest absolute Gasteiger partial charge is 0.462 e. The number of ketones is 2. The number of ether oxygens (including phenoxy) is 2. The Morgan fingerprint density at radius 2 is 1.55 bits per heavy atom. The number of carbonyl (C=O) groups excluding carboxylic acids is 4. The van der Waals surface area contributed by atoms with Gasteiger partial charge in [0.05, 0.1) is 0 Å². The van der Waals surface area contributed by atoms with E-state index in [4.69, 9.17) is 9.47 Å². The van der Waals surface area contributed by atoms with Crippen LogP contribution >= 0.6 is 0 Å². The van der Waals surface area contributed by atoms with E-state index in [1.807, 2.05) is 0 Å². The van der Waals surface area contributed by atoms with Crippen molar-refractivity contribution in [3.63, 3.8) is 0 Å². The van der Waals surface area contributed by atoms with E-state index >= 15 is 0 Å². The highest BCUT2D eigenvalue weighted by molar-refractivity contribution is 5.80. The predicted molar refractivity (Wildman–Crippen MR) is 113 cm³/mol. The Labute approximate surface area is 184 Å². The summed E-state index contributed by atoms with van der Waals surface area (Å²) in [6.07, 6.45) is 4.30. The molecule has 4 aliphatic rings. The summed E-state index contributed by atoms with van der Waals surface area (Å²) in [5.74, 6) is 0.394. The van der Waals surface area contributed by atoms with Crippen molar-refractivity contribution < 1.29 is 28.7 Å². The van der Waals surface area contributed by atoms with Crippen LogP contribution in [0.1, 0.15) is 79.6 Å². The van der Waals surface area contributed by atoms with Crippen molar-refractivity contribution in [2.75, 3.05) is 0 Å². The molecule has 0 N–H and O–H groups in total. The smallest absolute Gasteiger partial charge is 0.302 e. The van der Waals surface area contributed by atoms with Gasteiger partial charge in [-0.3, -0.25) is 19.2 Å². The monoisotopic (exact) mass is 432 g/mol. The van der Waals surface area contributed by atoms with Gasteiger partial charge in [0.1, 0.15) is 23.8 Å². The molecule has 0 aromatic carbocycles. The zero-order valence-electron chi connectivity index (χ0n) is 19.4. The van der Waals surface area contributed by atoms with Crippen molar-refractivity contribution in [1.82, 2.24) is 0 Å². The first-order chi connectivity index (χ1) is 14.5. The summed E-state index contributed by atoms with van der Waals surface area (Å²) in [6.45, 7) is 8.98. The third-order valence-corrected chi connectivity index (χ3v) is 9.51. The topological polar surface area (TPSA) is 86.7 Å². The number of fused-ring (bicyclic) bond motifs is 5. The number of hydrogen-bond acceptors (Lipinski definition) is 6. The molecule has 0 heterocycles. The van der Waals surface area contributed by atoms with Crippen molar-refractivity contribution in [3.05, 3.63) is 0 Å². The molecule has 0 spiro atoms. The van der Waals surface area contributed by atoms with Crippen molar-refractivity contribution >= 4 is 23.5 Å². The molecule has 0 aromatic rings. The lowest BCUT2D eigenvalue weighted by Gasteiger charge is -2.63. The molecule has 0 amide bonds. The number of carbonyl (C=O) groups is 4. The molecule has 6 nitrogen and oxygen atoms in total. The summed E-state index contributed by atoms with van der Waals surface area (Å²) in [4.78, 5) is 49.0. The van der Waals surface area contributed by atoms with Crippen LogP contribution in [0.2, 0.25) is 0 Å². The highest BCUT2D eigenvalue weighted by atomic mass is 16.5. The summed E-state index contributed by atoms with van der Waals surface area (Å²) in [6, 6.07) is 0. The molecule has 6 heteroatoms. The van der Waals surface area contributed by atoms with Gasteiger partial charge in [-0.05, 0) is 61.7 Å². The molecule has 0 bridgehead atoms. The second kappa shape index (κ2) is 7.70. The third-order valence-electron chi connectivity index (χ3n) is 9.51. The summed E-state index contributed by atoms with van der Waals surface area (Å²) in [7, 11) is 0. The molecule has 4 saturated carbocycles. The van der Waals surface area contributed by atoms with Gasteiger partial charge in [0, 0.05) is 44.4 Å². The third kappa shape index (κ3) is 3.54. The van der Waals surface area contributed by atoms with E-state index < -0.39 is 0 Å². The van der Waals surface area contributed by atoms with Gasteiger partial charge in [-0.25, -0.2) is 0 Å². The number of esters is 2. The maximum absolute atomic E-state index is 12.5.